The van der Waals surface area contributed by atoms with E-state index in [2.05, 4.69) is 14.9 Å². The molecule has 3 heterocycles. The number of nitrogens with one attached hydrogen (secondary N) is 1. The molecular weight excluding hydrogens is 412 g/mol. The molecule has 1 amide bonds. The number of hydrogen-bond donors (Lipinski definition) is 1. The van der Waals surface area contributed by atoms with Crippen molar-refractivity contribution < 1.29 is 9.53 Å². The Morgan fingerprint density at radius 2 is 1.90 bits per heavy atom. The predicted molar refractivity (Wildman–Crippen MR) is 123 cm³/mol. The minimum atomic E-state index is -0.111. The summed E-state index contributed by atoms with van der Waals surface area (Å²) in [5, 5.41) is 0.671. The Hall–Kier alpha value is -2.71. The average Bonchev–Trinajstić information content (AvgIpc) is 3.07. The van der Waals surface area contributed by atoms with Crippen molar-refractivity contribution in [1.82, 2.24) is 19.8 Å². The van der Waals surface area contributed by atoms with Crippen molar-refractivity contribution in [1.29, 1.82) is 0 Å². The Morgan fingerprint density at radius 3 is 2.65 bits per heavy atom. The van der Waals surface area contributed by atoms with Crippen LogP contribution in [0.5, 0.6) is 5.75 Å². The zero-order valence-electron chi connectivity index (χ0n) is 18.0. The third-order valence-corrected chi connectivity index (χ3v) is 6.91. The Balaban J connectivity index is 1.23. The lowest BCUT2D eigenvalue weighted by Gasteiger charge is -2.34. The van der Waals surface area contributed by atoms with Crippen LogP contribution in [-0.2, 0) is 11.2 Å². The molecule has 0 bridgehead atoms. The van der Waals surface area contributed by atoms with E-state index in [9.17, 15) is 9.59 Å². The summed E-state index contributed by atoms with van der Waals surface area (Å²) in [7, 11) is 0. The van der Waals surface area contributed by atoms with E-state index in [1.54, 1.807) is 0 Å². The summed E-state index contributed by atoms with van der Waals surface area (Å²) in [5.74, 6) is 1.58. The Labute approximate surface area is 185 Å². The first-order valence-corrected chi connectivity index (χ1v) is 11.5. The quantitative estimate of drug-likeness (QED) is 0.611. The van der Waals surface area contributed by atoms with E-state index in [-0.39, 0.29) is 11.5 Å². The molecule has 1 fully saturated rings. The molecule has 0 spiro atoms. The second-order valence-electron chi connectivity index (χ2n) is 7.86. The lowest BCUT2D eigenvalue weighted by molar-refractivity contribution is -0.132. The normalized spacial score (nSPS) is 14.8. The van der Waals surface area contributed by atoms with E-state index in [1.165, 1.54) is 11.3 Å². The van der Waals surface area contributed by atoms with E-state index in [0.29, 0.717) is 30.7 Å². The number of para-hydroxylation sites is 1. The van der Waals surface area contributed by atoms with E-state index >= 15 is 0 Å². The molecule has 8 heteroatoms. The van der Waals surface area contributed by atoms with Crippen molar-refractivity contribution in [2.75, 3.05) is 39.3 Å². The molecule has 1 N–H and O–H groups in total. The largest absolute Gasteiger partial charge is 0.492 e. The summed E-state index contributed by atoms with van der Waals surface area (Å²) in [4.78, 5) is 38.6. The maximum absolute atomic E-state index is 12.6. The summed E-state index contributed by atoms with van der Waals surface area (Å²) < 4.78 is 5.76. The van der Waals surface area contributed by atoms with Crippen molar-refractivity contribution >= 4 is 27.5 Å². The number of fused-ring (bicyclic) bond motifs is 1. The van der Waals surface area contributed by atoms with Gasteiger partial charge in [-0.1, -0.05) is 18.2 Å². The number of nitrogens with zero attached hydrogens (tertiary/aromatic N) is 3. The lowest BCUT2D eigenvalue weighted by Crippen LogP contribution is -2.49. The van der Waals surface area contributed by atoms with Gasteiger partial charge in [-0.15, -0.1) is 11.3 Å². The maximum Gasteiger partial charge on any atom is 0.259 e. The number of aryl methyl sites for hydroxylation is 3. The number of aromatic amines is 1. The molecule has 0 aliphatic carbocycles. The first-order chi connectivity index (χ1) is 15.0. The number of piperazine rings is 1. The lowest BCUT2D eigenvalue weighted by atomic mass is 10.2. The van der Waals surface area contributed by atoms with Crippen LogP contribution in [0.2, 0.25) is 0 Å². The zero-order chi connectivity index (χ0) is 21.8. The fourth-order valence-corrected chi connectivity index (χ4v) is 4.88. The Morgan fingerprint density at radius 1 is 1.16 bits per heavy atom. The number of H-pyrrole nitrogens is 1. The average molecular weight is 441 g/mol. The number of amides is 1. The van der Waals surface area contributed by atoms with Gasteiger partial charge >= 0.3 is 0 Å². The molecule has 0 atom stereocenters. The van der Waals surface area contributed by atoms with Crippen LogP contribution in [0.25, 0.3) is 10.2 Å². The summed E-state index contributed by atoms with van der Waals surface area (Å²) in [6.45, 7) is 8.56. The van der Waals surface area contributed by atoms with Crippen LogP contribution in [0.3, 0.4) is 0 Å². The van der Waals surface area contributed by atoms with Crippen LogP contribution in [0.15, 0.2) is 35.1 Å². The SMILES string of the molecule is Cc1sc2nc(CCC(=O)N3CCN(CCOc4ccccc4)CC3)[nH]c(=O)c2c1C. The second kappa shape index (κ2) is 9.62. The number of thiophene rings is 1. The van der Waals surface area contributed by atoms with Crippen molar-refractivity contribution in [3.8, 4) is 5.75 Å². The topological polar surface area (TPSA) is 78.5 Å². The van der Waals surface area contributed by atoms with Gasteiger partial charge in [0.05, 0.1) is 5.39 Å². The predicted octanol–water partition coefficient (Wildman–Crippen LogP) is 2.76. The van der Waals surface area contributed by atoms with Gasteiger partial charge in [0.15, 0.2) is 0 Å². The highest BCUT2D eigenvalue weighted by Crippen LogP contribution is 2.25. The molecule has 1 aliphatic heterocycles. The summed E-state index contributed by atoms with van der Waals surface area (Å²) in [6.07, 6.45) is 0.806. The summed E-state index contributed by atoms with van der Waals surface area (Å²) >= 11 is 1.53. The molecule has 1 aliphatic rings. The van der Waals surface area contributed by atoms with Crippen molar-refractivity contribution in [2.45, 2.75) is 26.7 Å². The first-order valence-electron chi connectivity index (χ1n) is 10.7. The first kappa shape index (κ1) is 21.5. The van der Waals surface area contributed by atoms with E-state index in [0.717, 1.165) is 53.7 Å². The number of benzene rings is 1. The molecule has 164 valence electrons. The molecular formula is C23H28N4O3S. The monoisotopic (exact) mass is 440 g/mol. The smallest absolute Gasteiger partial charge is 0.259 e. The maximum atomic E-state index is 12.6. The van der Waals surface area contributed by atoms with Crippen LogP contribution in [-0.4, -0.2) is 65.0 Å². The highest BCUT2D eigenvalue weighted by atomic mass is 32.1. The van der Waals surface area contributed by atoms with Crippen LogP contribution < -0.4 is 10.3 Å². The van der Waals surface area contributed by atoms with Crippen molar-refractivity contribution in [3.63, 3.8) is 0 Å². The van der Waals surface area contributed by atoms with E-state index < -0.39 is 0 Å². The van der Waals surface area contributed by atoms with Crippen molar-refractivity contribution in [2.24, 2.45) is 0 Å². The van der Waals surface area contributed by atoms with Gasteiger partial charge in [0.2, 0.25) is 5.91 Å². The molecule has 0 saturated carbocycles. The fraction of sp³-hybridized carbons (Fsp3) is 0.435. The Kier molecular flexibility index (Phi) is 6.67. The molecule has 31 heavy (non-hydrogen) atoms. The van der Waals surface area contributed by atoms with E-state index in [4.69, 9.17) is 4.74 Å². The number of rotatable bonds is 7. The number of ether oxygens (including phenoxy) is 1. The van der Waals surface area contributed by atoms with Crippen LogP contribution in [0.4, 0.5) is 0 Å². The zero-order valence-corrected chi connectivity index (χ0v) is 18.8. The molecule has 7 nitrogen and oxygen atoms in total. The standard InChI is InChI=1S/C23H28N4O3S/c1-16-17(2)31-23-21(16)22(29)24-19(25-23)8-9-20(28)27-12-10-26(11-13-27)14-15-30-18-6-4-3-5-7-18/h3-7H,8-15H2,1-2H3,(H,24,25,29). The van der Waals surface area contributed by atoms with Gasteiger partial charge in [0.1, 0.15) is 23.0 Å². The minimum Gasteiger partial charge on any atom is -0.492 e. The molecule has 1 saturated heterocycles. The van der Waals surface area contributed by atoms with Gasteiger partial charge in [0.25, 0.3) is 5.56 Å². The van der Waals surface area contributed by atoms with Gasteiger partial charge < -0.3 is 14.6 Å². The summed E-state index contributed by atoms with van der Waals surface area (Å²) in [5.41, 5.74) is 0.879. The minimum absolute atomic E-state index is 0.111. The van der Waals surface area contributed by atoms with Gasteiger partial charge in [-0.05, 0) is 31.5 Å². The third kappa shape index (κ3) is 5.14. The molecule has 3 aromatic rings. The fourth-order valence-electron chi connectivity index (χ4n) is 3.83. The molecule has 0 radical (unpaired) electrons. The van der Waals surface area contributed by atoms with E-state index in [1.807, 2.05) is 49.1 Å². The van der Waals surface area contributed by atoms with Gasteiger partial charge in [0, 0.05) is 50.4 Å². The molecule has 0 unspecified atom stereocenters. The molecule has 1 aromatic carbocycles. The highest BCUT2D eigenvalue weighted by Gasteiger charge is 2.21. The molecule has 2 aromatic heterocycles. The number of carbonyl (C=O) groups is 1. The summed E-state index contributed by atoms with van der Waals surface area (Å²) in [6, 6.07) is 9.81. The van der Waals surface area contributed by atoms with Gasteiger partial charge in [-0.2, -0.15) is 0 Å². The van der Waals surface area contributed by atoms with Crippen LogP contribution >= 0.6 is 11.3 Å². The number of aromatic nitrogens is 2. The van der Waals surface area contributed by atoms with Crippen molar-refractivity contribution in [3.05, 3.63) is 57.0 Å². The van der Waals surface area contributed by atoms with Gasteiger partial charge in [-0.25, -0.2) is 4.98 Å². The van der Waals surface area contributed by atoms with Gasteiger partial charge in [-0.3, -0.25) is 14.5 Å². The number of carbonyl (C=O) groups excluding carboxylic acids is 1. The molecule has 4 rings (SSSR count). The highest BCUT2D eigenvalue weighted by molar-refractivity contribution is 7.18. The number of hydrogen-bond acceptors (Lipinski definition) is 6. The third-order valence-electron chi connectivity index (χ3n) is 5.81. The van der Waals surface area contributed by atoms with Crippen LogP contribution in [0, 0.1) is 13.8 Å². The second-order valence-corrected chi connectivity index (χ2v) is 9.06. The van der Waals surface area contributed by atoms with Crippen LogP contribution in [0.1, 0.15) is 22.7 Å². The Bertz CT molecular complexity index is 1100.